The van der Waals surface area contributed by atoms with Crippen LogP contribution in [0, 0.1) is 13.8 Å². The zero-order valence-electron chi connectivity index (χ0n) is 15.2. The summed E-state index contributed by atoms with van der Waals surface area (Å²) < 4.78 is 6.99. The number of carbonyl (C=O) groups excluding carboxylic acids is 1. The largest absolute Gasteiger partial charge is 0.360 e. The molecule has 26 heavy (non-hydrogen) atoms. The number of rotatable bonds is 6. The van der Waals surface area contributed by atoms with Crippen LogP contribution in [-0.2, 0) is 11.3 Å². The van der Waals surface area contributed by atoms with Crippen molar-refractivity contribution >= 4 is 23.5 Å². The maximum absolute atomic E-state index is 12.4. The van der Waals surface area contributed by atoms with Crippen LogP contribution < -0.4 is 5.32 Å². The summed E-state index contributed by atoms with van der Waals surface area (Å²) in [7, 11) is 0. The molecule has 0 bridgehead atoms. The Bertz CT molecular complexity index is 918. The second-order valence-electron chi connectivity index (χ2n) is 5.94. The molecule has 2 heterocycles. The number of carbonyl (C=O) groups is 1. The van der Waals surface area contributed by atoms with E-state index in [0.29, 0.717) is 16.7 Å². The van der Waals surface area contributed by atoms with Crippen LogP contribution in [-0.4, -0.2) is 31.1 Å². The van der Waals surface area contributed by atoms with Gasteiger partial charge in [-0.05, 0) is 33.3 Å². The van der Waals surface area contributed by atoms with E-state index >= 15 is 0 Å². The molecule has 3 aromatic rings. The van der Waals surface area contributed by atoms with Crippen molar-refractivity contribution in [3.63, 3.8) is 0 Å². The zero-order valence-corrected chi connectivity index (χ0v) is 16.0. The highest BCUT2D eigenvalue weighted by Crippen LogP contribution is 2.28. The van der Waals surface area contributed by atoms with Crippen molar-refractivity contribution in [2.45, 2.75) is 44.6 Å². The van der Waals surface area contributed by atoms with Crippen LogP contribution in [0.4, 0.5) is 5.82 Å². The second kappa shape index (κ2) is 7.74. The lowest BCUT2D eigenvalue weighted by atomic mass is 10.1. The molecular formula is C18H21N5O2S. The van der Waals surface area contributed by atoms with E-state index in [1.54, 1.807) is 13.0 Å². The van der Waals surface area contributed by atoms with Crippen molar-refractivity contribution in [2.24, 2.45) is 0 Å². The molecule has 0 aliphatic heterocycles. The minimum atomic E-state index is -0.355. The Morgan fingerprint density at radius 3 is 2.73 bits per heavy atom. The molecule has 1 atom stereocenters. The van der Waals surface area contributed by atoms with E-state index < -0.39 is 0 Å². The lowest BCUT2D eigenvalue weighted by Crippen LogP contribution is -2.23. The maximum Gasteiger partial charge on any atom is 0.238 e. The molecule has 0 aliphatic carbocycles. The average Bonchev–Trinajstić information content (AvgIpc) is 3.21. The van der Waals surface area contributed by atoms with Crippen molar-refractivity contribution in [2.75, 3.05) is 5.32 Å². The second-order valence-corrected chi connectivity index (χ2v) is 7.25. The SMILES string of the molecule is CCn1c(S[C@H](C)C(=O)Nc2cc(C)on2)nnc1-c1ccccc1C. The molecule has 0 radical (unpaired) electrons. The van der Waals surface area contributed by atoms with Crippen molar-refractivity contribution in [3.05, 3.63) is 41.7 Å². The van der Waals surface area contributed by atoms with Crippen molar-refractivity contribution in [1.29, 1.82) is 0 Å². The Kier molecular flexibility index (Phi) is 5.41. The van der Waals surface area contributed by atoms with Crippen LogP contribution in [0.5, 0.6) is 0 Å². The number of aromatic nitrogens is 4. The van der Waals surface area contributed by atoms with Crippen LogP contribution >= 0.6 is 11.8 Å². The van der Waals surface area contributed by atoms with Gasteiger partial charge in [-0.2, -0.15) is 0 Å². The minimum Gasteiger partial charge on any atom is -0.360 e. The van der Waals surface area contributed by atoms with Crippen LogP contribution in [0.1, 0.15) is 25.2 Å². The number of hydrogen-bond acceptors (Lipinski definition) is 6. The molecule has 1 N–H and O–H groups in total. The molecule has 0 unspecified atom stereocenters. The van der Waals surface area contributed by atoms with Gasteiger partial charge in [-0.25, -0.2) is 0 Å². The third-order valence-corrected chi connectivity index (χ3v) is 5.03. The normalized spacial score (nSPS) is 12.2. The molecule has 1 aromatic carbocycles. The summed E-state index contributed by atoms with van der Waals surface area (Å²) in [6, 6.07) is 9.74. The quantitative estimate of drug-likeness (QED) is 0.665. The number of anilines is 1. The van der Waals surface area contributed by atoms with Gasteiger partial charge in [-0.3, -0.25) is 4.79 Å². The number of benzene rings is 1. The fourth-order valence-electron chi connectivity index (χ4n) is 2.55. The Morgan fingerprint density at radius 2 is 2.08 bits per heavy atom. The van der Waals surface area contributed by atoms with E-state index in [2.05, 4.69) is 20.7 Å². The number of aryl methyl sites for hydroxylation is 2. The average molecular weight is 371 g/mol. The molecule has 1 amide bonds. The monoisotopic (exact) mass is 371 g/mol. The molecular weight excluding hydrogens is 350 g/mol. The highest BCUT2D eigenvalue weighted by Gasteiger charge is 2.21. The van der Waals surface area contributed by atoms with Gasteiger partial charge in [-0.1, -0.05) is 41.2 Å². The topological polar surface area (TPSA) is 85.8 Å². The number of nitrogens with one attached hydrogen (secondary N) is 1. The molecule has 8 heteroatoms. The van der Waals surface area contributed by atoms with Gasteiger partial charge in [-0.15, -0.1) is 10.2 Å². The number of thioether (sulfide) groups is 1. The first kappa shape index (κ1) is 18.2. The summed E-state index contributed by atoms with van der Waals surface area (Å²) in [5, 5.41) is 15.5. The zero-order chi connectivity index (χ0) is 18.7. The Balaban J connectivity index is 1.77. The maximum atomic E-state index is 12.4. The number of amides is 1. The molecule has 0 saturated heterocycles. The Hall–Kier alpha value is -2.61. The highest BCUT2D eigenvalue weighted by atomic mass is 32.2. The number of nitrogens with zero attached hydrogens (tertiary/aromatic N) is 4. The summed E-state index contributed by atoms with van der Waals surface area (Å²) in [6.07, 6.45) is 0. The first-order valence-corrected chi connectivity index (χ1v) is 9.27. The summed E-state index contributed by atoms with van der Waals surface area (Å²) in [6.45, 7) is 8.41. The standard InChI is InChI=1S/C18H21N5O2S/c1-5-23-16(14-9-7-6-8-11(14)2)20-21-18(23)26-13(4)17(24)19-15-10-12(3)25-22-15/h6-10,13H,5H2,1-4H3,(H,19,22,24)/t13-/m1/s1. The Labute approximate surface area is 156 Å². The first-order chi connectivity index (χ1) is 12.5. The molecule has 0 fully saturated rings. The fourth-order valence-corrected chi connectivity index (χ4v) is 3.46. The van der Waals surface area contributed by atoms with Gasteiger partial charge in [0.25, 0.3) is 0 Å². The summed E-state index contributed by atoms with van der Waals surface area (Å²) >= 11 is 1.37. The van der Waals surface area contributed by atoms with Crippen molar-refractivity contribution < 1.29 is 9.32 Å². The van der Waals surface area contributed by atoms with Crippen LogP contribution in [0.3, 0.4) is 0 Å². The lowest BCUT2D eigenvalue weighted by Gasteiger charge is -2.12. The minimum absolute atomic E-state index is 0.161. The van der Waals surface area contributed by atoms with E-state index in [9.17, 15) is 4.79 Å². The van der Waals surface area contributed by atoms with Gasteiger partial charge in [0.05, 0.1) is 5.25 Å². The first-order valence-electron chi connectivity index (χ1n) is 8.39. The summed E-state index contributed by atoms with van der Waals surface area (Å²) in [5.74, 6) is 1.71. The van der Waals surface area contributed by atoms with Crippen molar-refractivity contribution in [1.82, 2.24) is 19.9 Å². The van der Waals surface area contributed by atoms with Crippen LogP contribution in [0.25, 0.3) is 11.4 Å². The van der Waals surface area contributed by atoms with Crippen LogP contribution in [0.2, 0.25) is 0 Å². The van der Waals surface area contributed by atoms with Gasteiger partial charge < -0.3 is 14.4 Å². The molecule has 7 nitrogen and oxygen atoms in total. The predicted molar refractivity (Wildman–Crippen MR) is 101 cm³/mol. The summed E-state index contributed by atoms with van der Waals surface area (Å²) in [4.78, 5) is 12.4. The van der Waals surface area contributed by atoms with Crippen molar-refractivity contribution in [3.8, 4) is 11.4 Å². The predicted octanol–water partition coefficient (Wildman–Crippen LogP) is 3.69. The molecule has 136 valence electrons. The third kappa shape index (κ3) is 3.80. The molecule has 2 aromatic heterocycles. The molecule has 0 spiro atoms. The van der Waals surface area contributed by atoms with Gasteiger partial charge in [0.15, 0.2) is 16.8 Å². The van der Waals surface area contributed by atoms with Gasteiger partial charge in [0.2, 0.25) is 5.91 Å². The van der Waals surface area contributed by atoms with E-state index in [1.807, 2.05) is 49.6 Å². The van der Waals surface area contributed by atoms with Gasteiger partial charge in [0, 0.05) is 18.2 Å². The summed E-state index contributed by atoms with van der Waals surface area (Å²) in [5.41, 5.74) is 2.18. The lowest BCUT2D eigenvalue weighted by molar-refractivity contribution is -0.115. The smallest absolute Gasteiger partial charge is 0.238 e. The van der Waals surface area contributed by atoms with Gasteiger partial charge in [0.1, 0.15) is 5.76 Å². The van der Waals surface area contributed by atoms with E-state index in [4.69, 9.17) is 4.52 Å². The molecule has 0 aliphatic rings. The highest BCUT2D eigenvalue weighted by molar-refractivity contribution is 8.00. The molecule has 3 rings (SSSR count). The molecule has 0 saturated carbocycles. The Morgan fingerprint density at radius 1 is 1.31 bits per heavy atom. The third-order valence-electron chi connectivity index (χ3n) is 3.95. The fraction of sp³-hybridized carbons (Fsp3) is 0.333. The van der Waals surface area contributed by atoms with Gasteiger partial charge >= 0.3 is 0 Å². The number of hydrogen-bond donors (Lipinski definition) is 1. The van der Waals surface area contributed by atoms with Crippen LogP contribution in [0.15, 0.2) is 40.0 Å². The van der Waals surface area contributed by atoms with E-state index in [-0.39, 0.29) is 11.2 Å². The van der Waals surface area contributed by atoms with E-state index in [1.165, 1.54) is 11.8 Å². The van der Waals surface area contributed by atoms with E-state index in [0.717, 1.165) is 23.5 Å².